The molecule has 0 saturated carbocycles. The summed E-state index contributed by atoms with van der Waals surface area (Å²) in [5.74, 6) is 0. The van der Waals surface area contributed by atoms with E-state index in [1.807, 2.05) is 6.07 Å². The first-order chi connectivity index (χ1) is 5.70. The Kier molecular flexibility index (Phi) is 4.29. The van der Waals surface area contributed by atoms with E-state index in [1.165, 1.54) is 0 Å². The van der Waals surface area contributed by atoms with Crippen molar-refractivity contribution in [3.05, 3.63) is 0 Å². The molecular formula is C7H12Cl3N3. The van der Waals surface area contributed by atoms with Crippen molar-refractivity contribution >= 4 is 34.8 Å². The van der Waals surface area contributed by atoms with Crippen LogP contribution < -0.4 is 0 Å². The van der Waals surface area contributed by atoms with Gasteiger partial charge >= 0.3 is 0 Å². The first-order valence-electron chi connectivity index (χ1n) is 3.53. The molecule has 0 radical (unpaired) electrons. The summed E-state index contributed by atoms with van der Waals surface area (Å²) in [4.78, 5) is 3.14. The SMILES string of the molecule is CN(C)C(C#N)(N(C)C)C(Cl)(Cl)Cl. The summed E-state index contributed by atoms with van der Waals surface area (Å²) in [6.45, 7) is 0. The third-order valence-corrected chi connectivity index (χ3v) is 2.64. The lowest BCUT2D eigenvalue weighted by Crippen LogP contribution is -2.62. The van der Waals surface area contributed by atoms with Gasteiger partial charge < -0.3 is 0 Å². The molecule has 0 aromatic rings. The highest BCUT2D eigenvalue weighted by molar-refractivity contribution is 6.68. The van der Waals surface area contributed by atoms with Crippen LogP contribution in [0, 0.1) is 11.3 Å². The van der Waals surface area contributed by atoms with E-state index >= 15 is 0 Å². The maximum Gasteiger partial charge on any atom is 0.235 e. The average molecular weight is 245 g/mol. The van der Waals surface area contributed by atoms with Crippen LogP contribution in [0.4, 0.5) is 0 Å². The Hall–Kier alpha value is 0.280. The van der Waals surface area contributed by atoms with Crippen LogP contribution in [0.2, 0.25) is 0 Å². The number of nitriles is 1. The van der Waals surface area contributed by atoms with Gasteiger partial charge in [0.25, 0.3) is 0 Å². The van der Waals surface area contributed by atoms with Gasteiger partial charge in [0.2, 0.25) is 9.46 Å². The van der Waals surface area contributed by atoms with Crippen molar-refractivity contribution < 1.29 is 0 Å². The van der Waals surface area contributed by atoms with E-state index in [4.69, 9.17) is 40.1 Å². The Morgan fingerprint density at radius 3 is 1.31 bits per heavy atom. The molecule has 13 heavy (non-hydrogen) atoms. The molecule has 0 aliphatic heterocycles. The second-order valence-corrected chi connectivity index (χ2v) is 5.35. The summed E-state index contributed by atoms with van der Waals surface area (Å²) in [6.07, 6.45) is 0. The molecule has 76 valence electrons. The smallest absolute Gasteiger partial charge is 0.235 e. The molecular weight excluding hydrogens is 232 g/mol. The number of hydrogen-bond donors (Lipinski definition) is 0. The first kappa shape index (κ1) is 13.3. The second kappa shape index (κ2) is 4.20. The van der Waals surface area contributed by atoms with Gasteiger partial charge in [0, 0.05) is 0 Å². The fraction of sp³-hybridized carbons (Fsp3) is 0.857. The minimum atomic E-state index is -1.69. The van der Waals surface area contributed by atoms with Gasteiger partial charge in [-0.25, -0.2) is 0 Å². The summed E-state index contributed by atoms with van der Waals surface area (Å²) in [6, 6.07) is 2.01. The van der Waals surface area contributed by atoms with Crippen molar-refractivity contribution in [2.24, 2.45) is 0 Å². The molecule has 0 saturated heterocycles. The van der Waals surface area contributed by atoms with E-state index in [0.29, 0.717) is 0 Å². The molecule has 0 amide bonds. The van der Waals surface area contributed by atoms with Crippen LogP contribution in [0.15, 0.2) is 0 Å². The second-order valence-electron chi connectivity index (χ2n) is 3.07. The Morgan fingerprint density at radius 1 is 1.00 bits per heavy atom. The first-order valence-corrected chi connectivity index (χ1v) is 4.66. The number of rotatable bonds is 2. The molecule has 0 aliphatic carbocycles. The third-order valence-electron chi connectivity index (χ3n) is 1.85. The van der Waals surface area contributed by atoms with E-state index in [2.05, 4.69) is 0 Å². The number of alkyl halides is 3. The minimum Gasteiger partial charge on any atom is -0.276 e. The molecule has 3 nitrogen and oxygen atoms in total. The Labute approximate surface area is 93.8 Å². The average Bonchev–Trinajstić information content (AvgIpc) is 1.83. The molecule has 0 heterocycles. The monoisotopic (exact) mass is 243 g/mol. The quantitative estimate of drug-likeness (QED) is 0.547. The molecule has 0 bridgehead atoms. The lowest BCUT2D eigenvalue weighted by atomic mass is 10.2. The summed E-state index contributed by atoms with van der Waals surface area (Å²) in [5, 5.41) is 9.07. The molecule has 6 heteroatoms. The molecule has 0 fully saturated rings. The number of halogens is 3. The molecule has 0 aromatic carbocycles. The predicted octanol–water partition coefficient (Wildman–Crippen LogP) is 1.70. The zero-order valence-corrected chi connectivity index (χ0v) is 10.2. The summed E-state index contributed by atoms with van der Waals surface area (Å²) in [5.41, 5.74) is -1.25. The molecule has 0 N–H and O–H groups in total. The Bertz CT molecular complexity index is 206. The Morgan fingerprint density at radius 2 is 1.31 bits per heavy atom. The zero-order chi connectivity index (χ0) is 10.9. The van der Waals surface area contributed by atoms with E-state index in [1.54, 1.807) is 38.0 Å². The predicted molar refractivity (Wildman–Crippen MR) is 56.0 cm³/mol. The van der Waals surface area contributed by atoms with E-state index in [0.717, 1.165) is 0 Å². The standard InChI is InChI=1S/C7H12Cl3N3/c1-12(2)6(5-11,13(3)4)7(8,9)10/h1-4H3. The Balaban J connectivity index is 5.29. The van der Waals surface area contributed by atoms with Crippen molar-refractivity contribution in [2.45, 2.75) is 9.46 Å². The third kappa shape index (κ3) is 2.20. The molecule has 0 rings (SSSR count). The fourth-order valence-corrected chi connectivity index (χ4v) is 2.31. The van der Waals surface area contributed by atoms with Gasteiger partial charge in [-0.15, -0.1) is 0 Å². The molecule has 0 aliphatic rings. The molecule has 0 unspecified atom stereocenters. The summed E-state index contributed by atoms with van der Waals surface area (Å²) < 4.78 is -1.69. The van der Waals surface area contributed by atoms with Gasteiger partial charge in [-0.1, -0.05) is 34.8 Å². The fourth-order valence-electron chi connectivity index (χ4n) is 1.17. The minimum absolute atomic E-state index is 1.25. The van der Waals surface area contributed by atoms with Gasteiger partial charge in [-0.3, -0.25) is 9.80 Å². The molecule has 0 aromatic heterocycles. The van der Waals surface area contributed by atoms with Gasteiger partial charge in [0.1, 0.15) is 6.07 Å². The van der Waals surface area contributed by atoms with Crippen LogP contribution in [0.1, 0.15) is 0 Å². The van der Waals surface area contributed by atoms with Crippen LogP contribution in [-0.2, 0) is 0 Å². The van der Waals surface area contributed by atoms with Gasteiger partial charge in [0.05, 0.1) is 0 Å². The largest absolute Gasteiger partial charge is 0.276 e. The lowest BCUT2D eigenvalue weighted by molar-refractivity contribution is 0.0615. The normalized spacial score (nSPS) is 13.5. The molecule has 0 atom stereocenters. The van der Waals surface area contributed by atoms with Crippen LogP contribution >= 0.6 is 34.8 Å². The van der Waals surface area contributed by atoms with E-state index in [-0.39, 0.29) is 0 Å². The topological polar surface area (TPSA) is 30.3 Å². The zero-order valence-electron chi connectivity index (χ0n) is 7.98. The lowest BCUT2D eigenvalue weighted by Gasteiger charge is -2.43. The van der Waals surface area contributed by atoms with Gasteiger partial charge in [-0.05, 0) is 28.2 Å². The highest BCUT2D eigenvalue weighted by atomic mass is 35.6. The van der Waals surface area contributed by atoms with E-state index in [9.17, 15) is 0 Å². The highest BCUT2D eigenvalue weighted by Gasteiger charge is 2.53. The highest BCUT2D eigenvalue weighted by Crippen LogP contribution is 2.41. The maximum atomic E-state index is 9.07. The van der Waals surface area contributed by atoms with E-state index < -0.39 is 9.46 Å². The number of hydrogen-bond acceptors (Lipinski definition) is 3. The maximum absolute atomic E-state index is 9.07. The van der Waals surface area contributed by atoms with Crippen molar-refractivity contribution in [1.29, 1.82) is 5.26 Å². The van der Waals surface area contributed by atoms with Crippen LogP contribution in [0.5, 0.6) is 0 Å². The van der Waals surface area contributed by atoms with Crippen molar-refractivity contribution in [1.82, 2.24) is 9.80 Å². The molecule has 0 spiro atoms. The van der Waals surface area contributed by atoms with Crippen LogP contribution in [-0.4, -0.2) is 47.4 Å². The van der Waals surface area contributed by atoms with Crippen molar-refractivity contribution in [2.75, 3.05) is 28.2 Å². The van der Waals surface area contributed by atoms with Gasteiger partial charge in [0.15, 0.2) is 0 Å². The van der Waals surface area contributed by atoms with Crippen LogP contribution in [0.25, 0.3) is 0 Å². The van der Waals surface area contributed by atoms with Crippen molar-refractivity contribution in [3.8, 4) is 6.07 Å². The number of nitrogens with zero attached hydrogens (tertiary/aromatic N) is 3. The van der Waals surface area contributed by atoms with Gasteiger partial charge in [-0.2, -0.15) is 5.26 Å². The summed E-state index contributed by atoms with van der Waals surface area (Å²) >= 11 is 17.3. The van der Waals surface area contributed by atoms with Crippen molar-refractivity contribution in [3.63, 3.8) is 0 Å². The summed E-state index contributed by atoms with van der Waals surface area (Å²) in [7, 11) is 6.74. The van der Waals surface area contributed by atoms with Crippen LogP contribution in [0.3, 0.4) is 0 Å².